The van der Waals surface area contributed by atoms with E-state index in [0.29, 0.717) is 25.5 Å². The number of carbonyl (C=O) groups excluding carboxylic acids is 1. The lowest BCUT2D eigenvalue weighted by molar-refractivity contribution is 0.0909. The molecule has 1 aliphatic heterocycles. The van der Waals surface area contributed by atoms with Gasteiger partial charge < -0.3 is 10.1 Å². The number of aromatic nitrogens is 4. The van der Waals surface area contributed by atoms with E-state index in [-0.39, 0.29) is 11.9 Å². The van der Waals surface area contributed by atoms with Crippen molar-refractivity contribution in [2.75, 3.05) is 6.61 Å². The van der Waals surface area contributed by atoms with Gasteiger partial charge in [-0.05, 0) is 26.8 Å². The minimum absolute atomic E-state index is 0.0395. The fourth-order valence-corrected chi connectivity index (χ4v) is 2.76. The lowest BCUT2D eigenvalue weighted by Gasteiger charge is -2.16. The Balaban J connectivity index is 1.66. The summed E-state index contributed by atoms with van der Waals surface area (Å²) in [4.78, 5) is 12.4. The van der Waals surface area contributed by atoms with Crippen LogP contribution in [0.4, 0.5) is 0 Å². The van der Waals surface area contributed by atoms with Crippen LogP contribution in [0, 0.1) is 13.8 Å². The zero-order chi connectivity index (χ0) is 15.7. The number of ether oxygens (including phenoxy) is 1. The molecule has 1 aliphatic rings. The van der Waals surface area contributed by atoms with Crippen molar-refractivity contribution in [3.8, 4) is 0 Å². The maximum atomic E-state index is 12.4. The predicted molar refractivity (Wildman–Crippen MR) is 80.6 cm³/mol. The summed E-state index contributed by atoms with van der Waals surface area (Å²) in [6.07, 6.45) is 0.775. The van der Waals surface area contributed by atoms with Crippen molar-refractivity contribution in [1.82, 2.24) is 25.3 Å². The lowest BCUT2D eigenvalue weighted by Crippen LogP contribution is -2.37. The van der Waals surface area contributed by atoms with Gasteiger partial charge in [-0.15, -0.1) is 0 Å². The summed E-state index contributed by atoms with van der Waals surface area (Å²) in [5.41, 5.74) is 4.39. The first-order valence-electron chi connectivity index (χ1n) is 7.50. The molecule has 0 aromatic carbocycles. The van der Waals surface area contributed by atoms with E-state index >= 15 is 0 Å². The molecule has 2 N–H and O–H groups in total. The SMILES string of the molecule is Cc1cc(C)n(CC(C)NC(=O)c2n[nH]c3c2COCC3)n1. The van der Waals surface area contributed by atoms with E-state index in [0.717, 1.165) is 29.1 Å². The summed E-state index contributed by atoms with van der Waals surface area (Å²) in [6, 6.07) is 1.98. The average molecular weight is 303 g/mol. The maximum absolute atomic E-state index is 12.4. The van der Waals surface area contributed by atoms with Gasteiger partial charge in [0.25, 0.3) is 5.91 Å². The number of aryl methyl sites for hydroxylation is 2. The topological polar surface area (TPSA) is 84.8 Å². The molecule has 0 aliphatic carbocycles. The monoisotopic (exact) mass is 303 g/mol. The second-order valence-electron chi connectivity index (χ2n) is 5.82. The Kier molecular flexibility index (Phi) is 3.98. The summed E-state index contributed by atoms with van der Waals surface area (Å²) < 4.78 is 7.32. The second-order valence-corrected chi connectivity index (χ2v) is 5.82. The summed E-state index contributed by atoms with van der Waals surface area (Å²) in [7, 11) is 0. The Morgan fingerprint density at radius 2 is 2.36 bits per heavy atom. The molecule has 1 amide bonds. The number of rotatable bonds is 4. The van der Waals surface area contributed by atoms with Crippen LogP contribution >= 0.6 is 0 Å². The molecule has 118 valence electrons. The molecule has 22 heavy (non-hydrogen) atoms. The second kappa shape index (κ2) is 5.92. The number of fused-ring (bicyclic) bond motifs is 1. The van der Waals surface area contributed by atoms with Crippen LogP contribution in [0.25, 0.3) is 0 Å². The molecule has 0 fully saturated rings. The first-order valence-corrected chi connectivity index (χ1v) is 7.50. The molecular weight excluding hydrogens is 282 g/mol. The Morgan fingerprint density at radius 3 is 3.09 bits per heavy atom. The molecule has 2 aromatic heterocycles. The Bertz CT molecular complexity index is 688. The fraction of sp³-hybridized carbons (Fsp3) is 0.533. The van der Waals surface area contributed by atoms with E-state index in [9.17, 15) is 4.79 Å². The van der Waals surface area contributed by atoms with Crippen LogP contribution in [-0.2, 0) is 24.3 Å². The molecule has 1 atom stereocenters. The van der Waals surface area contributed by atoms with Crippen LogP contribution in [0.5, 0.6) is 0 Å². The minimum Gasteiger partial charge on any atom is -0.376 e. The first-order chi connectivity index (χ1) is 10.5. The van der Waals surface area contributed by atoms with E-state index in [2.05, 4.69) is 20.6 Å². The minimum atomic E-state index is -0.169. The highest BCUT2D eigenvalue weighted by atomic mass is 16.5. The third-order valence-corrected chi connectivity index (χ3v) is 3.84. The van der Waals surface area contributed by atoms with Crippen molar-refractivity contribution in [3.05, 3.63) is 34.4 Å². The molecule has 0 radical (unpaired) electrons. The van der Waals surface area contributed by atoms with E-state index in [1.54, 1.807) is 0 Å². The number of amides is 1. The molecule has 2 aromatic rings. The van der Waals surface area contributed by atoms with E-state index < -0.39 is 0 Å². The number of hydrogen-bond acceptors (Lipinski definition) is 4. The number of nitrogens with zero attached hydrogens (tertiary/aromatic N) is 3. The summed E-state index contributed by atoms with van der Waals surface area (Å²) >= 11 is 0. The molecule has 1 unspecified atom stereocenters. The van der Waals surface area contributed by atoms with Crippen LogP contribution in [0.3, 0.4) is 0 Å². The molecule has 7 heteroatoms. The van der Waals surface area contributed by atoms with Crippen molar-refractivity contribution in [2.24, 2.45) is 0 Å². The molecule has 0 saturated heterocycles. The first kappa shape index (κ1) is 14.8. The van der Waals surface area contributed by atoms with E-state index in [1.165, 1.54) is 0 Å². The van der Waals surface area contributed by atoms with Gasteiger partial charge in [0.15, 0.2) is 5.69 Å². The molecule has 0 spiro atoms. The number of carbonyl (C=O) groups is 1. The number of aromatic amines is 1. The summed E-state index contributed by atoms with van der Waals surface area (Å²) in [5.74, 6) is -0.169. The van der Waals surface area contributed by atoms with Crippen molar-refractivity contribution in [2.45, 2.75) is 46.4 Å². The zero-order valence-electron chi connectivity index (χ0n) is 13.1. The normalized spacial score (nSPS) is 15.4. The van der Waals surface area contributed by atoms with Crippen molar-refractivity contribution in [1.29, 1.82) is 0 Å². The highest BCUT2D eigenvalue weighted by molar-refractivity contribution is 5.94. The van der Waals surface area contributed by atoms with Gasteiger partial charge in [-0.3, -0.25) is 14.6 Å². The highest BCUT2D eigenvalue weighted by Crippen LogP contribution is 2.18. The van der Waals surface area contributed by atoms with Crippen LogP contribution in [0.2, 0.25) is 0 Å². The van der Waals surface area contributed by atoms with Crippen molar-refractivity contribution >= 4 is 5.91 Å². The van der Waals surface area contributed by atoms with Crippen LogP contribution in [0.1, 0.15) is 40.1 Å². The summed E-state index contributed by atoms with van der Waals surface area (Å²) in [6.45, 7) is 7.68. The Hall–Kier alpha value is -2.15. The molecule has 0 saturated carbocycles. The fourth-order valence-electron chi connectivity index (χ4n) is 2.76. The Morgan fingerprint density at radius 1 is 1.55 bits per heavy atom. The maximum Gasteiger partial charge on any atom is 0.272 e. The summed E-state index contributed by atoms with van der Waals surface area (Å²) in [5, 5.41) is 14.5. The molecule has 3 rings (SSSR count). The van der Waals surface area contributed by atoms with Gasteiger partial charge in [0, 0.05) is 29.4 Å². The standard InChI is InChI=1S/C15H21N5O2/c1-9-6-11(3)20(19-9)7-10(2)16-15(21)14-12-8-22-5-4-13(12)17-18-14/h6,10H,4-5,7-8H2,1-3H3,(H,16,21)(H,17,18). The third kappa shape index (κ3) is 2.89. The number of hydrogen-bond donors (Lipinski definition) is 2. The quantitative estimate of drug-likeness (QED) is 0.886. The predicted octanol–water partition coefficient (Wildman–Crippen LogP) is 1.11. The lowest BCUT2D eigenvalue weighted by atomic mass is 10.1. The molecular formula is C15H21N5O2. The van der Waals surface area contributed by atoms with Gasteiger partial charge in [0.2, 0.25) is 0 Å². The van der Waals surface area contributed by atoms with Crippen molar-refractivity contribution < 1.29 is 9.53 Å². The van der Waals surface area contributed by atoms with Gasteiger partial charge in [-0.1, -0.05) is 0 Å². The van der Waals surface area contributed by atoms with Crippen LogP contribution in [0.15, 0.2) is 6.07 Å². The largest absolute Gasteiger partial charge is 0.376 e. The molecule has 7 nitrogen and oxygen atoms in total. The Labute approximate surface area is 129 Å². The molecule has 0 bridgehead atoms. The third-order valence-electron chi connectivity index (χ3n) is 3.84. The van der Waals surface area contributed by atoms with Crippen LogP contribution < -0.4 is 5.32 Å². The zero-order valence-corrected chi connectivity index (χ0v) is 13.1. The van der Waals surface area contributed by atoms with Gasteiger partial charge in [-0.25, -0.2) is 0 Å². The van der Waals surface area contributed by atoms with E-state index in [1.807, 2.05) is 31.5 Å². The van der Waals surface area contributed by atoms with E-state index in [4.69, 9.17) is 4.74 Å². The van der Waals surface area contributed by atoms with Crippen LogP contribution in [-0.4, -0.2) is 38.5 Å². The van der Waals surface area contributed by atoms with Gasteiger partial charge in [0.1, 0.15) is 0 Å². The van der Waals surface area contributed by atoms with Gasteiger partial charge in [0.05, 0.1) is 25.5 Å². The number of nitrogens with one attached hydrogen (secondary N) is 2. The van der Waals surface area contributed by atoms with Gasteiger partial charge >= 0.3 is 0 Å². The van der Waals surface area contributed by atoms with Gasteiger partial charge in [-0.2, -0.15) is 10.2 Å². The smallest absolute Gasteiger partial charge is 0.272 e. The average Bonchev–Trinajstić information content (AvgIpc) is 3.02. The number of H-pyrrole nitrogens is 1. The highest BCUT2D eigenvalue weighted by Gasteiger charge is 2.23. The molecule has 3 heterocycles. The van der Waals surface area contributed by atoms with Crippen molar-refractivity contribution in [3.63, 3.8) is 0 Å².